The smallest absolute Gasteiger partial charge is 0.324 e. The zero-order chi connectivity index (χ0) is 14.8. The Labute approximate surface area is 116 Å². The van der Waals surface area contributed by atoms with Crippen molar-refractivity contribution >= 4 is 0 Å². The predicted molar refractivity (Wildman–Crippen MR) is 69.5 cm³/mol. The summed E-state index contributed by atoms with van der Waals surface area (Å²) in [6.45, 7) is 0. The summed E-state index contributed by atoms with van der Waals surface area (Å²) >= 11 is 0. The van der Waals surface area contributed by atoms with Crippen LogP contribution in [-0.2, 0) is 6.18 Å². The van der Waals surface area contributed by atoms with Gasteiger partial charge in [-0.1, -0.05) is 38.2 Å². The average Bonchev–Trinajstić information content (AvgIpc) is 2.38. The van der Waals surface area contributed by atoms with Crippen LogP contribution in [0.1, 0.15) is 55.7 Å². The maximum atomic E-state index is 13.5. The number of benzene rings is 1. The molecule has 1 nitrogen and oxygen atoms in total. The van der Waals surface area contributed by atoms with Crippen LogP contribution in [0.5, 0.6) is 0 Å². The minimum atomic E-state index is -4.66. The van der Waals surface area contributed by atoms with Gasteiger partial charge in [0.15, 0.2) is 0 Å². The Hall–Kier alpha value is -1.10. The molecular weight excluding hydrogens is 270 g/mol. The molecule has 0 aliphatic heterocycles. The molecule has 5 heteroatoms. The molecule has 2 N–H and O–H groups in total. The van der Waals surface area contributed by atoms with Crippen LogP contribution >= 0.6 is 0 Å². The molecule has 1 aromatic carbocycles. The number of rotatable bonds is 3. The number of nitrogens with two attached hydrogens (primary N) is 1. The van der Waals surface area contributed by atoms with Crippen molar-refractivity contribution in [3.05, 3.63) is 35.1 Å². The summed E-state index contributed by atoms with van der Waals surface area (Å²) in [7, 11) is 0. The highest BCUT2D eigenvalue weighted by molar-refractivity contribution is 5.28. The van der Waals surface area contributed by atoms with Crippen molar-refractivity contribution in [1.82, 2.24) is 0 Å². The van der Waals surface area contributed by atoms with E-state index in [1.807, 2.05) is 0 Å². The van der Waals surface area contributed by atoms with Crippen LogP contribution in [0.2, 0.25) is 0 Å². The van der Waals surface area contributed by atoms with Gasteiger partial charge in [0.2, 0.25) is 0 Å². The monoisotopic (exact) mass is 289 g/mol. The van der Waals surface area contributed by atoms with Gasteiger partial charge in [-0.25, -0.2) is 4.39 Å². The summed E-state index contributed by atoms with van der Waals surface area (Å²) < 4.78 is 51.0. The Morgan fingerprint density at radius 1 is 1.15 bits per heavy atom. The molecule has 1 aliphatic carbocycles. The fourth-order valence-electron chi connectivity index (χ4n) is 2.91. The maximum Gasteiger partial charge on any atom is 0.419 e. The van der Waals surface area contributed by atoms with Crippen LogP contribution in [0.25, 0.3) is 0 Å². The van der Waals surface area contributed by atoms with E-state index in [2.05, 4.69) is 0 Å². The zero-order valence-electron chi connectivity index (χ0n) is 11.2. The fourth-order valence-corrected chi connectivity index (χ4v) is 2.91. The molecule has 20 heavy (non-hydrogen) atoms. The molecule has 1 saturated carbocycles. The molecule has 2 rings (SSSR count). The lowest BCUT2D eigenvalue weighted by atomic mass is 9.83. The third-order valence-electron chi connectivity index (χ3n) is 4.04. The molecule has 0 amide bonds. The maximum absolute atomic E-state index is 13.5. The van der Waals surface area contributed by atoms with E-state index in [1.54, 1.807) is 0 Å². The van der Waals surface area contributed by atoms with Gasteiger partial charge in [0.25, 0.3) is 0 Å². The molecule has 0 bridgehead atoms. The summed E-state index contributed by atoms with van der Waals surface area (Å²) in [4.78, 5) is 0. The normalized spacial score (nSPS) is 19.1. The molecule has 0 radical (unpaired) electrons. The van der Waals surface area contributed by atoms with E-state index in [1.165, 1.54) is 25.3 Å². The first-order valence-corrected chi connectivity index (χ1v) is 7.00. The van der Waals surface area contributed by atoms with Crippen LogP contribution in [-0.4, -0.2) is 0 Å². The molecule has 1 unspecified atom stereocenters. The van der Waals surface area contributed by atoms with Crippen molar-refractivity contribution in [1.29, 1.82) is 0 Å². The van der Waals surface area contributed by atoms with E-state index in [0.29, 0.717) is 17.9 Å². The molecule has 0 heterocycles. The van der Waals surface area contributed by atoms with Crippen molar-refractivity contribution in [3.63, 3.8) is 0 Å². The molecule has 0 saturated heterocycles. The van der Waals surface area contributed by atoms with Crippen LogP contribution in [0.3, 0.4) is 0 Å². The van der Waals surface area contributed by atoms with E-state index >= 15 is 0 Å². The first-order chi connectivity index (χ1) is 9.38. The lowest BCUT2D eigenvalue weighted by Crippen LogP contribution is -2.18. The van der Waals surface area contributed by atoms with Gasteiger partial charge >= 0.3 is 6.18 Å². The minimum absolute atomic E-state index is 0.394. The topological polar surface area (TPSA) is 26.0 Å². The van der Waals surface area contributed by atoms with Crippen LogP contribution < -0.4 is 5.73 Å². The van der Waals surface area contributed by atoms with E-state index in [0.717, 1.165) is 25.0 Å². The number of halogens is 4. The standard InChI is InChI=1S/C15H19F4N/c16-13-9-11(6-7-12(13)15(17,18)19)14(20)8-10-4-2-1-3-5-10/h6-7,9-10,14H,1-5,8,20H2. The number of hydrogen-bond donors (Lipinski definition) is 1. The Bertz CT molecular complexity index is 450. The SMILES string of the molecule is NC(CC1CCCCC1)c1ccc(C(F)(F)F)c(F)c1. The molecule has 0 spiro atoms. The summed E-state index contributed by atoms with van der Waals surface area (Å²) in [5.74, 6) is -0.738. The predicted octanol–water partition coefficient (Wildman–Crippen LogP) is 4.81. The summed E-state index contributed by atoms with van der Waals surface area (Å²) in [6.07, 6.45) is 1.87. The second-order valence-electron chi connectivity index (χ2n) is 5.58. The van der Waals surface area contributed by atoms with Gasteiger partial charge < -0.3 is 5.73 Å². The third-order valence-corrected chi connectivity index (χ3v) is 4.04. The third kappa shape index (κ3) is 3.72. The van der Waals surface area contributed by atoms with Gasteiger partial charge in [-0.05, 0) is 30.0 Å². The second-order valence-corrected chi connectivity index (χ2v) is 5.58. The Morgan fingerprint density at radius 2 is 1.80 bits per heavy atom. The van der Waals surface area contributed by atoms with E-state index in [4.69, 9.17) is 5.73 Å². The Kier molecular flexibility index (Phi) is 4.68. The lowest BCUT2D eigenvalue weighted by Gasteiger charge is -2.25. The number of alkyl halides is 3. The van der Waals surface area contributed by atoms with Crippen molar-refractivity contribution in [3.8, 4) is 0 Å². The highest BCUT2D eigenvalue weighted by atomic mass is 19.4. The molecule has 1 fully saturated rings. The Balaban J connectivity index is 2.06. The van der Waals surface area contributed by atoms with Crippen LogP contribution in [0.4, 0.5) is 17.6 Å². The molecule has 1 aromatic rings. The molecule has 112 valence electrons. The van der Waals surface area contributed by atoms with Gasteiger partial charge in [0.1, 0.15) is 5.82 Å². The Morgan fingerprint density at radius 3 is 2.35 bits per heavy atom. The summed E-state index contributed by atoms with van der Waals surface area (Å²) in [5.41, 5.74) is 5.22. The molecule has 0 aromatic heterocycles. The van der Waals surface area contributed by atoms with Crippen LogP contribution in [0, 0.1) is 11.7 Å². The molecular formula is C15H19F4N. The van der Waals surface area contributed by atoms with Crippen LogP contribution in [0.15, 0.2) is 18.2 Å². The summed E-state index contributed by atoms with van der Waals surface area (Å²) in [5, 5.41) is 0. The lowest BCUT2D eigenvalue weighted by molar-refractivity contribution is -0.140. The first kappa shape index (κ1) is 15.3. The van der Waals surface area contributed by atoms with E-state index < -0.39 is 23.6 Å². The highest BCUT2D eigenvalue weighted by Crippen LogP contribution is 2.34. The van der Waals surface area contributed by atoms with Crippen molar-refractivity contribution < 1.29 is 17.6 Å². The second kappa shape index (κ2) is 6.12. The van der Waals surface area contributed by atoms with Gasteiger partial charge in [0, 0.05) is 6.04 Å². The van der Waals surface area contributed by atoms with Crippen molar-refractivity contribution in [2.24, 2.45) is 11.7 Å². The van der Waals surface area contributed by atoms with Gasteiger partial charge in [-0.15, -0.1) is 0 Å². The largest absolute Gasteiger partial charge is 0.419 e. The van der Waals surface area contributed by atoms with Gasteiger partial charge in [-0.3, -0.25) is 0 Å². The van der Waals surface area contributed by atoms with E-state index in [-0.39, 0.29) is 0 Å². The van der Waals surface area contributed by atoms with Crippen molar-refractivity contribution in [2.45, 2.75) is 50.7 Å². The van der Waals surface area contributed by atoms with E-state index in [9.17, 15) is 17.6 Å². The van der Waals surface area contributed by atoms with Crippen molar-refractivity contribution in [2.75, 3.05) is 0 Å². The first-order valence-electron chi connectivity index (χ1n) is 7.00. The molecule has 1 aliphatic rings. The average molecular weight is 289 g/mol. The molecule has 1 atom stereocenters. The minimum Gasteiger partial charge on any atom is -0.324 e. The zero-order valence-corrected chi connectivity index (χ0v) is 11.2. The summed E-state index contributed by atoms with van der Waals surface area (Å²) in [6, 6.07) is 2.61. The quantitative estimate of drug-likeness (QED) is 0.794. The van der Waals surface area contributed by atoms with Gasteiger partial charge in [-0.2, -0.15) is 13.2 Å². The highest BCUT2D eigenvalue weighted by Gasteiger charge is 2.34. The number of hydrogen-bond acceptors (Lipinski definition) is 1. The fraction of sp³-hybridized carbons (Fsp3) is 0.600. The van der Waals surface area contributed by atoms with Gasteiger partial charge in [0.05, 0.1) is 5.56 Å².